The second-order valence-electron chi connectivity index (χ2n) is 7.18. The van der Waals surface area contributed by atoms with Gasteiger partial charge in [-0.25, -0.2) is 9.07 Å². The summed E-state index contributed by atoms with van der Waals surface area (Å²) in [5, 5.41) is 11.4. The van der Waals surface area contributed by atoms with E-state index in [2.05, 4.69) is 20.9 Å². The summed E-state index contributed by atoms with van der Waals surface area (Å²) in [6.45, 7) is 4.92. The van der Waals surface area contributed by atoms with Gasteiger partial charge in [0.1, 0.15) is 5.82 Å². The molecule has 0 aliphatic heterocycles. The van der Waals surface area contributed by atoms with E-state index in [9.17, 15) is 27.2 Å². The number of anilines is 1. The van der Waals surface area contributed by atoms with Crippen LogP contribution in [0.2, 0.25) is 0 Å². The summed E-state index contributed by atoms with van der Waals surface area (Å²) >= 11 is 0. The summed E-state index contributed by atoms with van der Waals surface area (Å²) in [6.07, 6.45) is -5.01. The zero-order chi connectivity index (χ0) is 23.6. The number of alkyl halides is 3. The Morgan fingerprint density at radius 3 is 2.31 bits per heavy atom. The molecule has 2 N–H and O–H groups in total. The van der Waals surface area contributed by atoms with Crippen LogP contribution in [-0.2, 0) is 11.0 Å². The van der Waals surface area contributed by atoms with Crippen LogP contribution in [0.3, 0.4) is 0 Å². The van der Waals surface area contributed by atoms with Gasteiger partial charge in [0.25, 0.3) is 5.91 Å². The van der Waals surface area contributed by atoms with Crippen LogP contribution >= 0.6 is 0 Å². The van der Waals surface area contributed by atoms with E-state index in [1.807, 2.05) is 19.1 Å². The minimum atomic E-state index is -5.01. The highest BCUT2D eigenvalue weighted by Crippen LogP contribution is 2.32. The third kappa shape index (κ3) is 4.93. The highest BCUT2D eigenvalue weighted by molar-refractivity contribution is 5.99. The number of nitrogens with zero attached hydrogens (tertiary/aromatic N) is 3. The van der Waals surface area contributed by atoms with Crippen molar-refractivity contribution in [2.45, 2.75) is 26.9 Å². The summed E-state index contributed by atoms with van der Waals surface area (Å²) in [4.78, 5) is 24.6. The maximum Gasteiger partial charge on any atom is 0.435 e. The molecule has 7 nitrogen and oxygen atoms in total. The van der Waals surface area contributed by atoms with Crippen molar-refractivity contribution in [3.8, 4) is 5.69 Å². The van der Waals surface area contributed by atoms with Crippen LogP contribution in [0.1, 0.15) is 32.9 Å². The van der Waals surface area contributed by atoms with Gasteiger partial charge in [-0.1, -0.05) is 29.0 Å². The van der Waals surface area contributed by atoms with Gasteiger partial charge in [-0.2, -0.15) is 13.2 Å². The highest BCUT2D eigenvalue weighted by atomic mass is 19.4. The van der Waals surface area contributed by atoms with Crippen molar-refractivity contribution in [1.29, 1.82) is 0 Å². The van der Waals surface area contributed by atoms with Gasteiger partial charge in [0, 0.05) is 5.69 Å². The van der Waals surface area contributed by atoms with Crippen molar-refractivity contribution in [3.63, 3.8) is 0 Å². The Morgan fingerprint density at radius 2 is 1.72 bits per heavy atom. The number of carbonyl (C=O) groups is 2. The number of hydrogen-bond donors (Lipinski definition) is 2. The second-order valence-corrected chi connectivity index (χ2v) is 7.18. The maximum atomic E-state index is 13.6. The molecule has 2 amide bonds. The molecular weight excluding hydrogens is 430 g/mol. The molecule has 1 aromatic heterocycles. The first-order valence-electron chi connectivity index (χ1n) is 9.42. The monoisotopic (exact) mass is 449 g/mol. The molecule has 0 atom stereocenters. The number of halogens is 4. The van der Waals surface area contributed by atoms with Crippen molar-refractivity contribution in [2.75, 3.05) is 11.9 Å². The first-order chi connectivity index (χ1) is 15.0. The fraction of sp³-hybridized carbons (Fsp3) is 0.238. The van der Waals surface area contributed by atoms with Crippen LogP contribution in [0.5, 0.6) is 0 Å². The summed E-state index contributed by atoms with van der Waals surface area (Å²) in [5.74, 6) is -2.65. The van der Waals surface area contributed by atoms with E-state index in [1.54, 1.807) is 13.8 Å². The van der Waals surface area contributed by atoms with Gasteiger partial charge in [-0.05, 0) is 50.1 Å². The number of nitrogens with one attached hydrogen (secondary N) is 2. The Bertz CT molecular complexity index is 1160. The van der Waals surface area contributed by atoms with E-state index in [0.717, 1.165) is 28.8 Å². The van der Waals surface area contributed by atoms with Crippen molar-refractivity contribution < 1.29 is 27.2 Å². The van der Waals surface area contributed by atoms with Gasteiger partial charge in [0.15, 0.2) is 11.4 Å². The number of benzene rings is 2. The van der Waals surface area contributed by atoms with Gasteiger partial charge >= 0.3 is 6.18 Å². The van der Waals surface area contributed by atoms with Crippen LogP contribution < -0.4 is 10.6 Å². The Labute approximate surface area is 180 Å². The molecule has 3 aromatic rings. The van der Waals surface area contributed by atoms with E-state index >= 15 is 0 Å². The minimum absolute atomic E-state index is 0.257. The first kappa shape index (κ1) is 22.9. The average Bonchev–Trinajstić information content (AvgIpc) is 3.15. The lowest BCUT2D eigenvalue weighted by atomic mass is 10.1. The molecule has 168 valence electrons. The lowest BCUT2D eigenvalue weighted by molar-refractivity contribution is -0.143. The van der Waals surface area contributed by atoms with Crippen molar-refractivity contribution in [3.05, 3.63) is 70.3 Å². The molecule has 2 aromatic carbocycles. The number of hydrogen-bond acceptors (Lipinski definition) is 4. The molecule has 0 bridgehead atoms. The molecule has 0 saturated heterocycles. The van der Waals surface area contributed by atoms with E-state index in [1.165, 1.54) is 12.1 Å². The lowest BCUT2D eigenvalue weighted by Crippen LogP contribution is -2.34. The summed E-state index contributed by atoms with van der Waals surface area (Å²) in [6, 6.07) is 7.99. The molecule has 0 aliphatic rings. The van der Waals surface area contributed by atoms with Crippen molar-refractivity contribution >= 4 is 17.5 Å². The lowest BCUT2D eigenvalue weighted by Gasteiger charge is -2.13. The molecule has 3 rings (SSSR count). The normalized spacial score (nSPS) is 11.3. The maximum absolute atomic E-state index is 13.6. The molecule has 1 heterocycles. The van der Waals surface area contributed by atoms with Gasteiger partial charge < -0.3 is 10.6 Å². The Kier molecular flexibility index (Phi) is 6.28. The molecule has 0 aliphatic carbocycles. The minimum Gasteiger partial charge on any atom is -0.341 e. The quantitative estimate of drug-likeness (QED) is 0.581. The predicted octanol–water partition coefficient (Wildman–Crippen LogP) is 3.72. The molecule has 0 saturated carbocycles. The van der Waals surface area contributed by atoms with Gasteiger partial charge in [-0.15, -0.1) is 5.10 Å². The third-order valence-corrected chi connectivity index (χ3v) is 4.56. The highest BCUT2D eigenvalue weighted by Gasteiger charge is 2.42. The molecule has 0 fully saturated rings. The molecule has 32 heavy (non-hydrogen) atoms. The molecule has 11 heteroatoms. The summed E-state index contributed by atoms with van der Waals surface area (Å²) < 4.78 is 54.7. The summed E-state index contributed by atoms with van der Waals surface area (Å²) in [5.41, 5.74) is 0.407. The third-order valence-electron chi connectivity index (χ3n) is 4.56. The Hall–Kier alpha value is -3.76. The van der Waals surface area contributed by atoms with Crippen LogP contribution in [0.4, 0.5) is 23.2 Å². The zero-order valence-electron chi connectivity index (χ0n) is 17.3. The largest absolute Gasteiger partial charge is 0.435 e. The fourth-order valence-corrected chi connectivity index (χ4v) is 3.28. The van der Waals surface area contributed by atoms with E-state index in [4.69, 9.17) is 0 Å². The standard InChI is InChI=1S/C21H19F4N5O2/c1-11-7-12(2)17(13(3)8-11)27-16(31)10-26-20(32)18-19(21(23,24)25)30(29-28-18)15-6-4-5-14(22)9-15/h4-9H,10H2,1-3H3,(H,26,32)(H,27,31). The number of carbonyl (C=O) groups excluding carboxylic acids is 2. The van der Waals surface area contributed by atoms with Crippen LogP contribution in [-0.4, -0.2) is 33.4 Å². The Morgan fingerprint density at radius 1 is 1.06 bits per heavy atom. The topological polar surface area (TPSA) is 88.9 Å². The Balaban J connectivity index is 1.79. The zero-order valence-corrected chi connectivity index (χ0v) is 17.3. The number of aromatic nitrogens is 3. The predicted molar refractivity (Wildman–Crippen MR) is 108 cm³/mol. The van der Waals surface area contributed by atoms with Crippen molar-refractivity contribution in [2.24, 2.45) is 0 Å². The van der Waals surface area contributed by atoms with Crippen molar-refractivity contribution in [1.82, 2.24) is 20.3 Å². The second kappa shape index (κ2) is 8.77. The number of aryl methyl sites for hydroxylation is 3. The van der Waals surface area contributed by atoms with Crippen LogP contribution in [0.15, 0.2) is 36.4 Å². The number of rotatable bonds is 5. The fourth-order valence-electron chi connectivity index (χ4n) is 3.28. The van der Waals surface area contributed by atoms with Crippen LogP contribution in [0.25, 0.3) is 5.69 Å². The average molecular weight is 449 g/mol. The van der Waals surface area contributed by atoms with Gasteiger partial charge in [0.05, 0.1) is 12.2 Å². The molecule has 0 unspecified atom stereocenters. The molecule has 0 spiro atoms. The van der Waals surface area contributed by atoms with Gasteiger partial charge in [0.2, 0.25) is 5.91 Å². The summed E-state index contributed by atoms with van der Waals surface area (Å²) in [7, 11) is 0. The van der Waals surface area contributed by atoms with E-state index in [0.29, 0.717) is 10.4 Å². The molecule has 0 radical (unpaired) electrons. The first-order valence-corrected chi connectivity index (χ1v) is 9.42. The number of amides is 2. The van der Waals surface area contributed by atoms with Gasteiger partial charge in [-0.3, -0.25) is 9.59 Å². The SMILES string of the molecule is Cc1cc(C)c(NC(=O)CNC(=O)c2nnn(-c3cccc(F)c3)c2C(F)(F)F)c(C)c1. The molecular formula is C21H19F4N5O2. The van der Waals surface area contributed by atoms with E-state index < -0.39 is 41.7 Å². The smallest absolute Gasteiger partial charge is 0.341 e. The van der Waals surface area contributed by atoms with E-state index in [-0.39, 0.29) is 5.69 Å². The van der Waals surface area contributed by atoms with Crippen LogP contribution in [0, 0.1) is 26.6 Å².